The van der Waals surface area contributed by atoms with Crippen LogP contribution < -0.4 is 5.73 Å². The van der Waals surface area contributed by atoms with Gasteiger partial charge in [-0.1, -0.05) is 13.8 Å². The highest BCUT2D eigenvalue weighted by Crippen LogP contribution is 2.26. The summed E-state index contributed by atoms with van der Waals surface area (Å²) in [6.07, 6.45) is 2.33. The molecule has 5 heteroatoms. The van der Waals surface area contributed by atoms with Crippen LogP contribution >= 0.6 is 11.3 Å². The lowest BCUT2D eigenvalue weighted by Gasteiger charge is -2.06. The van der Waals surface area contributed by atoms with Gasteiger partial charge in [-0.3, -0.25) is 4.79 Å². The summed E-state index contributed by atoms with van der Waals surface area (Å²) in [5.41, 5.74) is 5.86. The number of carboxylic acid groups (broad SMARTS) is 1. The van der Waals surface area contributed by atoms with E-state index in [9.17, 15) is 4.79 Å². The second kappa shape index (κ2) is 5.23. The Balaban J connectivity index is 2.57. The molecule has 0 bridgehead atoms. The third-order valence-electron chi connectivity index (χ3n) is 2.07. The molecule has 0 aromatic carbocycles. The fraction of sp³-hybridized carbons (Fsp3) is 0.600. The monoisotopic (exact) mass is 228 g/mol. The van der Waals surface area contributed by atoms with Crippen molar-refractivity contribution in [2.75, 3.05) is 0 Å². The van der Waals surface area contributed by atoms with E-state index in [1.807, 2.05) is 0 Å². The highest BCUT2D eigenvalue weighted by Gasteiger charge is 2.13. The first-order valence-corrected chi connectivity index (χ1v) is 5.75. The summed E-state index contributed by atoms with van der Waals surface area (Å²) in [7, 11) is 0. The SMILES string of the molecule is CC(C)c1ncc(C(N)CCC(=O)O)s1. The summed E-state index contributed by atoms with van der Waals surface area (Å²) in [6.45, 7) is 4.15. The Hall–Kier alpha value is -0.940. The summed E-state index contributed by atoms with van der Waals surface area (Å²) < 4.78 is 0. The lowest BCUT2D eigenvalue weighted by Crippen LogP contribution is -2.10. The molecule has 0 spiro atoms. The number of hydrogen-bond donors (Lipinski definition) is 2. The number of nitrogens with zero attached hydrogens (tertiary/aromatic N) is 1. The maximum absolute atomic E-state index is 10.4. The zero-order valence-electron chi connectivity index (χ0n) is 8.93. The first-order valence-electron chi connectivity index (χ1n) is 4.93. The van der Waals surface area contributed by atoms with Crippen molar-refractivity contribution >= 4 is 17.3 Å². The second-order valence-electron chi connectivity index (χ2n) is 3.79. The minimum Gasteiger partial charge on any atom is -0.481 e. The number of hydrogen-bond acceptors (Lipinski definition) is 4. The van der Waals surface area contributed by atoms with Crippen molar-refractivity contribution in [1.82, 2.24) is 4.98 Å². The molecule has 1 atom stereocenters. The largest absolute Gasteiger partial charge is 0.481 e. The van der Waals surface area contributed by atoms with Crippen LogP contribution in [0.3, 0.4) is 0 Å². The van der Waals surface area contributed by atoms with E-state index >= 15 is 0 Å². The van der Waals surface area contributed by atoms with Crippen molar-refractivity contribution in [1.29, 1.82) is 0 Å². The van der Waals surface area contributed by atoms with Crippen molar-refractivity contribution in [3.8, 4) is 0 Å². The maximum Gasteiger partial charge on any atom is 0.303 e. The van der Waals surface area contributed by atoms with Gasteiger partial charge in [0.15, 0.2) is 0 Å². The van der Waals surface area contributed by atoms with Gasteiger partial charge < -0.3 is 10.8 Å². The Morgan fingerprint density at radius 3 is 2.80 bits per heavy atom. The van der Waals surface area contributed by atoms with E-state index in [1.54, 1.807) is 17.5 Å². The molecule has 1 unspecified atom stereocenters. The Morgan fingerprint density at radius 2 is 2.33 bits per heavy atom. The van der Waals surface area contributed by atoms with E-state index in [-0.39, 0.29) is 12.5 Å². The van der Waals surface area contributed by atoms with Crippen molar-refractivity contribution in [2.24, 2.45) is 5.73 Å². The Labute approximate surface area is 93.1 Å². The molecule has 1 heterocycles. The van der Waals surface area contributed by atoms with Crippen LogP contribution in [0.25, 0.3) is 0 Å². The summed E-state index contributed by atoms with van der Waals surface area (Å²) in [6, 6.07) is -0.203. The van der Waals surface area contributed by atoms with Crippen molar-refractivity contribution in [2.45, 2.75) is 38.6 Å². The molecule has 15 heavy (non-hydrogen) atoms. The van der Waals surface area contributed by atoms with Gasteiger partial charge in [0.05, 0.1) is 5.01 Å². The summed E-state index contributed by atoms with van der Waals surface area (Å²) in [5, 5.41) is 9.59. The number of thiazole rings is 1. The van der Waals surface area contributed by atoms with Crippen LogP contribution in [-0.4, -0.2) is 16.1 Å². The van der Waals surface area contributed by atoms with Gasteiger partial charge in [0.25, 0.3) is 0 Å². The zero-order valence-corrected chi connectivity index (χ0v) is 9.75. The molecule has 0 aliphatic rings. The zero-order chi connectivity index (χ0) is 11.4. The van der Waals surface area contributed by atoms with Crippen LogP contribution in [0.4, 0.5) is 0 Å². The van der Waals surface area contributed by atoms with E-state index in [2.05, 4.69) is 18.8 Å². The van der Waals surface area contributed by atoms with Crippen LogP contribution in [0.1, 0.15) is 48.5 Å². The van der Waals surface area contributed by atoms with Crippen molar-refractivity contribution in [3.63, 3.8) is 0 Å². The van der Waals surface area contributed by atoms with Gasteiger partial charge in [-0.05, 0) is 6.42 Å². The van der Waals surface area contributed by atoms with E-state index < -0.39 is 5.97 Å². The number of nitrogens with two attached hydrogens (primary N) is 1. The van der Waals surface area contributed by atoms with Crippen LogP contribution in [0, 0.1) is 0 Å². The van der Waals surface area contributed by atoms with Crippen LogP contribution in [0.5, 0.6) is 0 Å². The van der Waals surface area contributed by atoms with Gasteiger partial charge in [0.2, 0.25) is 0 Å². The van der Waals surface area contributed by atoms with Gasteiger partial charge in [-0.2, -0.15) is 0 Å². The molecule has 0 aliphatic heterocycles. The van der Waals surface area contributed by atoms with E-state index in [4.69, 9.17) is 10.8 Å². The van der Waals surface area contributed by atoms with Gasteiger partial charge in [0.1, 0.15) is 0 Å². The predicted molar refractivity (Wildman–Crippen MR) is 60.0 cm³/mol. The standard InChI is InChI=1S/C10H16N2O2S/c1-6(2)10-12-5-8(15-10)7(11)3-4-9(13)14/h5-7H,3-4,11H2,1-2H3,(H,13,14). The third kappa shape index (κ3) is 3.60. The average Bonchev–Trinajstić information content (AvgIpc) is 2.62. The molecule has 84 valence electrons. The molecule has 3 N–H and O–H groups in total. The Morgan fingerprint density at radius 1 is 1.67 bits per heavy atom. The van der Waals surface area contributed by atoms with Crippen LogP contribution in [-0.2, 0) is 4.79 Å². The smallest absolute Gasteiger partial charge is 0.303 e. The number of aromatic nitrogens is 1. The predicted octanol–water partition coefficient (Wildman–Crippen LogP) is 2.13. The Bertz CT molecular complexity index is 336. The third-order valence-corrected chi connectivity index (χ3v) is 3.50. The first-order chi connectivity index (χ1) is 7.00. The Kier molecular flexibility index (Phi) is 4.23. The van der Waals surface area contributed by atoms with Gasteiger partial charge in [-0.25, -0.2) is 4.98 Å². The van der Waals surface area contributed by atoms with E-state index in [0.717, 1.165) is 9.88 Å². The molecule has 0 amide bonds. The lowest BCUT2D eigenvalue weighted by molar-refractivity contribution is -0.137. The number of carbonyl (C=O) groups is 1. The van der Waals surface area contributed by atoms with Crippen molar-refractivity contribution in [3.05, 3.63) is 16.1 Å². The second-order valence-corrected chi connectivity index (χ2v) is 4.89. The normalized spacial score (nSPS) is 13.1. The average molecular weight is 228 g/mol. The molecule has 4 nitrogen and oxygen atoms in total. The van der Waals surface area contributed by atoms with Crippen LogP contribution in [0.15, 0.2) is 6.20 Å². The molecule has 1 rings (SSSR count). The van der Waals surface area contributed by atoms with E-state index in [1.165, 1.54) is 0 Å². The summed E-state index contributed by atoms with van der Waals surface area (Å²) in [5.74, 6) is -0.408. The summed E-state index contributed by atoms with van der Waals surface area (Å²) >= 11 is 1.57. The quantitative estimate of drug-likeness (QED) is 0.809. The van der Waals surface area contributed by atoms with Gasteiger partial charge >= 0.3 is 5.97 Å². The topological polar surface area (TPSA) is 76.2 Å². The fourth-order valence-corrected chi connectivity index (χ4v) is 2.12. The molecule has 1 aromatic heterocycles. The fourth-order valence-electron chi connectivity index (χ4n) is 1.16. The van der Waals surface area contributed by atoms with Crippen LogP contribution in [0.2, 0.25) is 0 Å². The molecule has 0 radical (unpaired) electrons. The lowest BCUT2D eigenvalue weighted by atomic mass is 10.1. The molecule has 1 aromatic rings. The number of aliphatic carboxylic acids is 1. The molecule has 0 fully saturated rings. The van der Waals surface area contributed by atoms with Gasteiger partial charge in [-0.15, -0.1) is 11.3 Å². The van der Waals surface area contributed by atoms with Gasteiger partial charge in [0, 0.05) is 29.5 Å². The number of carboxylic acids is 1. The number of rotatable bonds is 5. The molecular weight excluding hydrogens is 212 g/mol. The van der Waals surface area contributed by atoms with E-state index in [0.29, 0.717) is 12.3 Å². The highest BCUT2D eigenvalue weighted by atomic mass is 32.1. The minimum atomic E-state index is -0.806. The highest BCUT2D eigenvalue weighted by molar-refractivity contribution is 7.11. The minimum absolute atomic E-state index is 0.107. The summed E-state index contributed by atoms with van der Waals surface area (Å²) in [4.78, 5) is 15.6. The molecule has 0 saturated carbocycles. The molecule has 0 saturated heterocycles. The maximum atomic E-state index is 10.4. The molecular formula is C10H16N2O2S. The van der Waals surface area contributed by atoms with Crippen molar-refractivity contribution < 1.29 is 9.90 Å². The first kappa shape index (κ1) is 12.1. The molecule has 0 aliphatic carbocycles.